The molecule has 0 bridgehead atoms. The van der Waals surface area contributed by atoms with Crippen molar-refractivity contribution in [3.8, 4) is 34.3 Å². The summed E-state index contributed by atoms with van der Waals surface area (Å²) in [6, 6.07) is 12.4. The second-order valence-electron chi connectivity index (χ2n) is 7.94. The number of carbonyl (C=O) groups excluding carboxylic acids is 1. The van der Waals surface area contributed by atoms with Crippen LogP contribution in [0.15, 0.2) is 42.5 Å². The first-order chi connectivity index (χ1) is 17.5. The SMILES string of the molecule is COc1ccc(Cl)cc1NC(=O)N1CCN(c2ccc(-c3cc(OC)c(OC)c(OC)c3)nn2)CC1. The Morgan fingerprint density at radius 2 is 1.50 bits per heavy atom. The van der Waals surface area contributed by atoms with Crippen LogP contribution >= 0.6 is 11.6 Å². The maximum Gasteiger partial charge on any atom is 0.322 e. The van der Waals surface area contributed by atoms with Gasteiger partial charge in [-0.25, -0.2) is 4.79 Å². The molecule has 11 heteroatoms. The van der Waals surface area contributed by atoms with Crippen LogP contribution in [0.5, 0.6) is 23.0 Å². The molecule has 0 spiro atoms. The van der Waals surface area contributed by atoms with Crippen molar-refractivity contribution in [2.45, 2.75) is 0 Å². The summed E-state index contributed by atoms with van der Waals surface area (Å²) in [6.07, 6.45) is 0. The predicted octanol–water partition coefficient (Wildman–Crippen LogP) is 4.19. The second kappa shape index (κ2) is 11.2. The summed E-state index contributed by atoms with van der Waals surface area (Å²) in [6.45, 7) is 2.31. The van der Waals surface area contributed by atoms with Gasteiger partial charge in [0.2, 0.25) is 5.75 Å². The fraction of sp³-hybridized carbons (Fsp3) is 0.320. The lowest BCUT2D eigenvalue weighted by molar-refractivity contribution is 0.208. The molecule has 1 saturated heterocycles. The number of urea groups is 1. The Bertz CT molecular complexity index is 1190. The van der Waals surface area contributed by atoms with E-state index < -0.39 is 0 Å². The standard InChI is InChI=1S/C25H28ClN5O5/c1-33-20-7-5-17(26)15-19(20)27-25(32)31-11-9-30(10-12-31)23-8-6-18(28-29-23)16-13-21(34-2)24(36-4)22(14-16)35-3/h5-8,13-15H,9-12H2,1-4H3,(H,27,32). The number of nitrogens with one attached hydrogen (secondary N) is 1. The van der Waals surface area contributed by atoms with Gasteiger partial charge in [0.1, 0.15) is 5.75 Å². The number of methoxy groups -OCH3 is 4. The average molecular weight is 514 g/mol. The molecular weight excluding hydrogens is 486 g/mol. The Balaban J connectivity index is 1.40. The van der Waals surface area contributed by atoms with Crippen molar-refractivity contribution in [3.05, 3.63) is 47.5 Å². The maximum absolute atomic E-state index is 12.8. The minimum absolute atomic E-state index is 0.209. The molecule has 1 aliphatic heterocycles. The first-order valence-electron chi connectivity index (χ1n) is 11.3. The third-order valence-electron chi connectivity index (χ3n) is 5.90. The molecule has 10 nitrogen and oxygen atoms in total. The number of halogens is 1. The fourth-order valence-electron chi connectivity index (χ4n) is 3.99. The second-order valence-corrected chi connectivity index (χ2v) is 8.38. The van der Waals surface area contributed by atoms with Gasteiger partial charge in [0.05, 0.1) is 39.8 Å². The highest BCUT2D eigenvalue weighted by Crippen LogP contribution is 2.40. The summed E-state index contributed by atoms with van der Waals surface area (Å²) in [5.74, 6) is 2.89. The summed E-state index contributed by atoms with van der Waals surface area (Å²) < 4.78 is 21.6. The normalized spacial score (nSPS) is 13.2. The van der Waals surface area contributed by atoms with Crippen LogP contribution in [-0.4, -0.2) is 75.7 Å². The van der Waals surface area contributed by atoms with Crippen molar-refractivity contribution in [3.63, 3.8) is 0 Å². The zero-order valence-corrected chi connectivity index (χ0v) is 21.3. The molecule has 190 valence electrons. The molecule has 0 atom stereocenters. The van der Waals surface area contributed by atoms with Crippen molar-refractivity contribution in [1.29, 1.82) is 0 Å². The van der Waals surface area contributed by atoms with E-state index in [9.17, 15) is 4.79 Å². The van der Waals surface area contributed by atoms with Gasteiger partial charge in [-0.15, -0.1) is 10.2 Å². The third-order valence-corrected chi connectivity index (χ3v) is 6.14. The van der Waals surface area contributed by atoms with E-state index in [1.165, 1.54) is 0 Å². The lowest BCUT2D eigenvalue weighted by Gasteiger charge is -2.35. The van der Waals surface area contributed by atoms with Crippen molar-refractivity contribution >= 4 is 29.1 Å². The molecule has 0 radical (unpaired) electrons. The summed E-state index contributed by atoms with van der Waals surface area (Å²) in [5, 5.41) is 12.2. The molecule has 2 aromatic carbocycles. The van der Waals surface area contributed by atoms with Crippen LogP contribution in [0.3, 0.4) is 0 Å². The molecule has 2 heterocycles. The third kappa shape index (κ3) is 5.33. The zero-order chi connectivity index (χ0) is 25.7. The Kier molecular flexibility index (Phi) is 7.84. The van der Waals surface area contributed by atoms with Gasteiger partial charge in [-0.2, -0.15) is 0 Å². The Morgan fingerprint density at radius 1 is 0.833 bits per heavy atom. The molecule has 1 aliphatic rings. The minimum atomic E-state index is -0.209. The van der Waals surface area contributed by atoms with Gasteiger partial charge in [-0.1, -0.05) is 11.6 Å². The van der Waals surface area contributed by atoms with Gasteiger partial charge >= 0.3 is 6.03 Å². The average Bonchev–Trinajstić information content (AvgIpc) is 2.92. The van der Waals surface area contributed by atoms with Gasteiger partial charge in [-0.05, 0) is 42.5 Å². The number of aromatic nitrogens is 2. The number of hydrogen-bond donors (Lipinski definition) is 1. The largest absolute Gasteiger partial charge is 0.495 e. The van der Waals surface area contributed by atoms with Crippen LogP contribution in [0.1, 0.15) is 0 Å². The zero-order valence-electron chi connectivity index (χ0n) is 20.6. The van der Waals surface area contributed by atoms with Gasteiger partial charge in [0, 0.05) is 36.8 Å². The highest BCUT2D eigenvalue weighted by Gasteiger charge is 2.23. The number of anilines is 2. The van der Waals surface area contributed by atoms with Gasteiger partial charge in [0.15, 0.2) is 17.3 Å². The molecule has 36 heavy (non-hydrogen) atoms. The van der Waals surface area contributed by atoms with E-state index in [0.717, 1.165) is 11.4 Å². The summed E-state index contributed by atoms with van der Waals surface area (Å²) >= 11 is 6.07. The molecule has 1 aromatic heterocycles. The van der Waals surface area contributed by atoms with Crippen LogP contribution < -0.4 is 29.2 Å². The molecule has 0 saturated carbocycles. The Hall–Kier alpha value is -3.92. The van der Waals surface area contributed by atoms with Crippen LogP contribution in [0.2, 0.25) is 5.02 Å². The first-order valence-corrected chi connectivity index (χ1v) is 11.6. The Labute approximate surface area is 214 Å². The van der Waals surface area contributed by atoms with E-state index >= 15 is 0 Å². The first kappa shape index (κ1) is 25.2. The number of hydrogen-bond acceptors (Lipinski definition) is 8. The molecule has 4 rings (SSSR count). The minimum Gasteiger partial charge on any atom is -0.495 e. The van der Waals surface area contributed by atoms with Crippen molar-refractivity contribution < 1.29 is 23.7 Å². The molecule has 1 N–H and O–H groups in total. The number of nitrogens with zero attached hydrogens (tertiary/aromatic N) is 4. The van der Waals surface area contributed by atoms with Crippen LogP contribution in [-0.2, 0) is 0 Å². The smallest absolute Gasteiger partial charge is 0.322 e. The van der Waals surface area contributed by atoms with Gasteiger partial charge < -0.3 is 34.1 Å². The van der Waals surface area contributed by atoms with Crippen LogP contribution in [0.4, 0.5) is 16.3 Å². The van der Waals surface area contributed by atoms with Crippen LogP contribution in [0.25, 0.3) is 11.3 Å². The van der Waals surface area contributed by atoms with E-state index in [2.05, 4.69) is 20.4 Å². The van der Waals surface area contributed by atoms with Crippen molar-refractivity contribution in [2.24, 2.45) is 0 Å². The summed E-state index contributed by atoms with van der Waals surface area (Å²) in [4.78, 5) is 16.6. The molecule has 3 aromatic rings. The number of carbonyl (C=O) groups is 1. The van der Waals surface area contributed by atoms with E-state index in [4.69, 9.17) is 30.5 Å². The number of rotatable bonds is 7. The van der Waals surface area contributed by atoms with E-state index in [1.807, 2.05) is 24.3 Å². The monoisotopic (exact) mass is 513 g/mol. The van der Waals surface area contributed by atoms with E-state index in [-0.39, 0.29) is 6.03 Å². The van der Waals surface area contributed by atoms with E-state index in [0.29, 0.717) is 65.6 Å². The molecule has 0 unspecified atom stereocenters. The number of benzene rings is 2. The molecule has 1 fully saturated rings. The quantitative estimate of drug-likeness (QED) is 0.502. The van der Waals surface area contributed by atoms with Crippen molar-refractivity contribution in [1.82, 2.24) is 15.1 Å². The highest BCUT2D eigenvalue weighted by molar-refractivity contribution is 6.31. The van der Waals surface area contributed by atoms with E-state index in [1.54, 1.807) is 51.5 Å². The maximum atomic E-state index is 12.8. The lowest BCUT2D eigenvalue weighted by Crippen LogP contribution is -2.50. The summed E-state index contributed by atoms with van der Waals surface area (Å²) in [5.41, 5.74) is 2.00. The predicted molar refractivity (Wildman–Crippen MR) is 138 cm³/mol. The van der Waals surface area contributed by atoms with Crippen LogP contribution in [0, 0.1) is 0 Å². The molecule has 0 aliphatic carbocycles. The van der Waals surface area contributed by atoms with Gasteiger partial charge in [-0.3, -0.25) is 0 Å². The number of amides is 2. The number of piperazine rings is 1. The lowest BCUT2D eigenvalue weighted by atomic mass is 10.1. The number of ether oxygens (including phenoxy) is 4. The fourth-order valence-corrected chi connectivity index (χ4v) is 4.16. The highest BCUT2D eigenvalue weighted by atomic mass is 35.5. The van der Waals surface area contributed by atoms with Crippen molar-refractivity contribution in [2.75, 3.05) is 64.8 Å². The molecule has 2 amide bonds. The molecular formula is C25H28ClN5O5. The topological polar surface area (TPSA) is 98.3 Å². The summed E-state index contributed by atoms with van der Waals surface area (Å²) in [7, 11) is 6.25. The Morgan fingerprint density at radius 3 is 2.06 bits per heavy atom. The van der Waals surface area contributed by atoms with Gasteiger partial charge in [0.25, 0.3) is 0 Å².